The molecule has 0 saturated carbocycles. The minimum atomic E-state index is -0.722. The Morgan fingerprint density at radius 1 is 1.12 bits per heavy atom. The predicted molar refractivity (Wildman–Crippen MR) is 88.4 cm³/mol. The van der Waals surface area contributed by atoms with E-state index in [-0.39, 0.29) is 17.1 Å². The molecule has 0 unspecified atom stereocenters. The van der Waals surface area contributed by atoms with Gasteiger partial charge in [-0.1, -0.05) is 6.07 Å². The first-order chi connectivity index (χ1) is 11.3. The van der Waals surface area contributed by atoms with Crippen LogP contribution >= 0.6 is 0 Å². The van der Waals surface area contributed by atoms with Crippen LogP contribution in [0.1, 0.15) is 18.1 Å². The topological polar surface area (TPSA) is 131 Å². The molecule has 2 rings (SSSR count). The van der Waals surface area contributed by atoms with Gasteiger partial charge >= 0.3 is 5.69 Å². The standard InChI is InChI=1S/C15H14N4O5/c1-9-3-5-12(20)8-13(9)10(2)16-17-14-6-4-11(18(21)22)7-15(14)19(23)24/h3-8,17,20H,1-2H3/b16-10+. The van der Waals surface area contributed by atoms with Crippen LogP contribution < -0.4 is 5.43 Å². The summed E-state index contributed by atoms with van der Waals surface area (Å²) in [6.07, 6.45) is 0. The van der Waals surface area contributed by atoms with Crippen LogP contribution in [0.15, 0.2) is 41.5 Å². The number of aryl methyl sites for hydroxylation is 1. The second-order valence-electron chi connectivity index (χ2n) is 5.02. The first-order valence-corrected chi connectivity index (χ1v) is 6.82. The van der Waals surface area contributed by atoms with Crippen LogP contribution in [0.25, 0.3) is 0 Å². The molecule has 0 spiro atoms. The summed E-state index contributed by atoms with van der Waals surface area (Å²) in [6, 6.07) is 8.04. The Kier molecular flexibility index (Phi) is 4.73. The fourth-order valence-electron chi connectivity index (χ4n) is 2.08. The fourth-order valence-corrected chi connectivity index (χ4v) is 2.08. The minimum Gasteiger partial charge on any atom is -0.508 e. The van der Waals surface area contributed by atoms with Gasteiger partial charge in [-0.2, -0.15) is 5.10 Å². The van der Waals surface area contributed by atoms with E-state index in [0.29, 0.717) is 11.3 Å². The van der Waals surface area contributed by atoms with Crippen molar-refractivity contribution >= 4 is 22.8 Å². The Labute approximate surface area is 136 Å². The number of nitrogens with one attached hydrogen (secondary N) is 1. The normalized spacial score (nSPS) is 11.2. The Hall–Kier alpha value is -3.49. The minimum absolute atomic E-state index is 0.0303. The Balaban J connectivity index is 2.35. The molecule has 2 aromatic carbocycles. The van der Waals surface area contributed by atoms with Crippen molar-refractivity contribution in [3.8, 4) is 5.75 Å². The van der Waals surface area contributed by atoms with Crippen molar-refractivity contribution in [2.24, 2.45) is 5.10 Å². The fraction of sp³-hybridized carbons (Fsp3) is 0.133. The zero-order valence-corrected chi connectivity index (χ0v) is 12.9. The van der Waals surface area contributed by atoms with E-state index in [2.05, 4.69) is 10.5 Å². The van der Waals surface area contributed by atoms with Crippen LogP contribution in [0.4, 0.5) is 17.1 Å². The quantitative estimate of drug-likeness (QED) is 0.491. The number of aromatic hydroxyl groups is 1. The zero-order chi connectivity index (χ0) is 17.9. The zero-order valence-electron chi connectivity index (χ0n) is 12.9. The van der Waals surface area contributed by atoms with Crippen molar-refractivity contribution in [3.63, 3.8) is 0 Å². The second kappa shape index (κ2) is 6.73. The van der Waals surface area contributed by atoms with E-state index in [1.807, 2.05) is 6.92 Å². The number of non-ortho nitro benzene ring substituents is 1. The summed E-state index contributed by atoms with van der Waals surface area (Å²) in [5.74, 6) is 0.0754. The Morgan fingerprint density at radius 2 is 1.83 bits per heavy atom. The molecule has 24 heavy (non-hydrogen) atoms. The van der Waals surface area contributed by atoms with E-state index in [4.69, 9.17) is 0 Å². The van der Waals surface area contributed by atoms with Crippen LogP contribution in [0, 0.1) is 27.2 Å². The molecule has 0 aliphatic heterocycles. The van der Waals surface area contributed by atoms with Gasteiger partial charge in [0.05, 0.1) is 21.6 Å². The van der Waals surface area contributed by atoms with Gasteiger partial charge in [0.15, 0.2) is 0 Å². The van der Waals surface area contributed by atoms with Crippen molar-refractivity contribution < 1.29 is 15.0 Å². The number of hydrogen-bond donors (Lipinski definition) is 2. The lowest BCUT2D eigenvalue weighted by atomic mass is 10.1. The van der Waals surface area contributed by atoms with Crippen LogP contribution in [0.3, 0.4) is 0 Å². The lowest BCUT2D eigenvalue weighted by molar-refractivity contribution is -0.393. The van der Waals surface area contributed by atoms with Crippen molar-refractivity contribution in [1.29, 1.82) is 0 Å². The molecule has 0 fully saturated rings. The maximum Gasteiger partial charge on any atom is 0.301 e. The molecule has 0 aromatic heterocycles. The Morgan fingerprint density at radius 3 is 2.46 bits per heavy atom. The third kappa shape index (κ3) is 3.64. The third-order valence-corrected chi connectivity index (χ3v) is 3.34. The van der Waals surface area contributed by atoms with Gasteiger partial charge < -0.3 is 5.11 Å². The molecule has 0 atom stereocenters. The van der Waals surface area contributed by atoms with Gasteiger partial charge in [0.1, 0.15) is 11.4 Å². The first-order valence-electron chi connectivity index (χ1n) is 6.82. The molecule has 0 radical (unpaired) electrons. The highest BCUT2D eigenvalue weighted by Crippen LogP contribution is 2.29. The lowest BCUT2D eigenvalue weighted by Gasteiger charge is -2.07. The lowest BCUT2D eigenvalue weighted by Crippen LogP contribution is -2.03. The number of anilines is 1. The molecule has 9 heteroatoms. The smallest absolute Gasteiger partial charge is 0.301 e. The predicted octanol–water partition coefficient (Wildman–Crippen LogP) is 3.35. The van der Waals surface area contributed by atoms with Crippen molar-refractivity contribution in [2.45, 2.75) is 13.8 Å². The maximum atomic E-state index is 11.1. The number of phenols is 1. The van der Waals surface area contributed by atoms with Gasteiger partial charge in [0.25, 0.3) is 5.69 Å². The van der Waals surface area contributed by atoms with Crippen LogP contribution in [-0.2, 0) is 0 Å². The molecule has 0 aliphatic rings. The van der Waals surface area contributed by atoms with E-state index in [9.17, 15) is 25.3 Å². The van der Waals surface area contributed by atoms with E-state index in [0.717, 1.165) is 17.7 Å². The first kappa shape index (κ1) is 16.9. The summed E-state index contributed by atoms with van der Waals surface area (Å²) in [7, 11) is 0. The van der Waals surface area contributed by atoms with Crippen LogP contribution in [0.2, 0.25) is 0 Å². The molecule has 0 bridgehead atoms. The number of hydrazone groups is 1. The molecule has 0 aliphatic carbocycles. The molecular formula is C15H14N4O5. The molecular weight excluding hydrogens is 316 g/mol. The van der Waals surface area contributed by atoms with Crippen LogP contribution in [0.5, 0.6) is 5.75 Å². The maximum absolute atomic E-state index is 11.1. The molecule has 2 aromatic rings. The number of nitrogens with zero attached hydrogens (tertiary/aromatic N) is 3. The van der Waals surface area contributed by atoms with Gasteiger partial charge in [-0.05, 0) is 37.6 Å². The van der Waals surface area contributed by atoms with Crippen molar-refractivity contribution in [1.82, 2.24) is 0 Å². The van der Waals surface area contributed by atoms with Crippen molar-refractivity contribution in [2.75, 3.05) is 5.43 Å². The number of benzene rings is 2. The summed E-state index contributed by atoms with van der Waals surface area (Å²) in [6.45, 7) is 3.51. The van der Waals surface area contributed by atoms with Gasteiger partial charge in [-0.3, -0.25) is 25.7 Å². The van der Waals surface area contributed by atoms with E-state index >= 15 is 0 Å². The summed E-state index contributed by atoms with van der Waals surface area (Å²) >= 11 is 0. The van der Waals surface area contributed by atoms with E-state index in [1.54, 1.807) is 19.1 Å². The molecule has 0 saturated heterocycles. The number of hydrogen-bond acceptors (Lipinski definition) is 7. The molecule has 0 heterocycles. The average molecular weight is 330 g/mol. The average Bonchev–Trinajstić information content (AvgIpc) is 2.54. The number of nitro benzene ring substituents is 2. The van der Waals surface area contributed by atoms with Gasteiger partial charge in [-0.25, -0.2) is 0 Å². The number of nitro groups is 2. The third-order valence-electron chi connectivity index (χ3n) is 3.34. The largest absolute Gasteiger partial charge is 0.508 e. The highest BCUT2D eigenvalue weighted by atomic mass is 16.6. The molecule has 124 valence electrons. The SMILES string of the molecule is C/C(=N\Nc1ccc([N+](=O)[O-])cc1[N+](=O)[O-])c1cc(O)ccc1C. The summed E-state index contributed by atoms with van der Waals surface area (Å²) < 4.78 is 0. The van der Waals surface area contributed by atoms with Crippen molar-refractivity contribution in [3.05, 3.63) is 67.8 Å². The summed E-state index contributed by atoms with van der Waals surface area (Å²) in [4.78, 5) is 20.4. The van der Waals surface area contributed by atoms with Gasteiger partial charge in [-0.15, -0.1) is 0 Å². The van der Waals surface area contributed by atoms with Crippen LogP contribution in [-0.4, -0.2) is 20.7 Å². The van der Waals surface area contributed by atoms with E-state index < -0.39 is 15.5 Å². The monoisotopic (exact) mass is 330 g/mol. The highest BCUT2D eigenvalue weighted by Gasteiger charge is 2.19. The highest BCUT2D eigenvalue weighted by molar-refractivity contribution is 6.00. The van der Waals surface area contributed by atoms with Gasteiger partial charge in [0, 0.05) is 11.6 Å². The number of phenolic OH excluding ortho intramolecular Hbond substituents is 1. The second-order valence-corrected chi connectivity index (χ2v) is 5.02. The Bertz CT molecular complexity index is 848. The summed E-state index contributed by atoms with van der Waals surface area (Å²) in [5.41, 5.74) is 3.79. The van der Waals surface area contributed by atoms with Gasteiger partial charge in [0.2, 0.25) is 0 Å². The summed E-state index contributed by atoms with van der Waals surface area (Å²) in [5, 5.41) is 35.4. The molecule has 0 amide bonds. The number of rotatable bonds is 5. The molecule has 9 nitrogen and oxygen atoms in total. The van der Waals surface area contributed by atoms with E-state index in [1.165, 1.54) is 12.1 Å². The molecule has 2 N–H and O–H groups in total.